The van der Waals surface area contributed by atoms with E-state index >= 15 is 0 Å². The lowest BCUT2D eigenvalue weighted by Gasteiger charge is -2.15. The fourth-order valence-electron chi connectivity index (χ4n) is 1.64. The van der Waals surface area contributed by atoms with Gasteiger partial charge in [0.05, 0.1) is 0 Å². The van der Waals surface area contributed by atoms with Crippen molar-refractivity contribution < 1.29 is 4.74 Å². The van der Waals surface area contributed by atoms with Crippen LogP contribution in [0.2, 0.25) is 0 Å². The van der Waals surface area contributed by atoms with E-state index in [0.29, 0.717) is 0 Å². The van der Waals surface area contributed by atoms with Crippen LogP contribution in [0.4, 0.5) is 0 Å². The standard InChI is InChI=1S/C10H18O/c1-11-9-10-7-5-3-2-4-6-8-10/h2-3,10H,4-9H2,1H3/b3-2+. The van der Waals surface area contributed by atoms with Gasteiger partial charge in [-0.25, -0.2) is 0 Å². The Balaban J connectivity index is 2.24. The predicted molar refractivity (Wildman–Crippen MR) is 47.6 cm³/mol. The zero-order chi connectivity index (χ0) is 7.94. The van der Waals surface area contributed by atoms with E-state index in [9.17, 15) is 0 Å². The van der Waals surface area contributed by atoms with Crippen molar-refractivity contribution in [1.82, 2.24) is 0 Å². The van der Waals surface area contributed by atoms with E-state index in [1.807, 2.05) is 0 Å². The van der Waals surface area contributed by atoms with E-state index in [1.54, 1.807) is 7.11 Å². The van der Waals surface area contributed by atoms with Crippen molar-refractivity contribution >= 4 is 0 Å². The largest absolute Gasteiger partial charge is 0.384 e. The molecule has 0 aromatic carbocycles. The van der Waals surface area contributed by atoms with Gasteiger partial charge in [-0.15, -0.1) is 0 Å². The second-order valence-corrected chi connectivity index (χ2v) is 3.30. The number of ether oxygens (including phenoxy) is 1. The van der Waals surface area contributed by atoms with Gasteiger partial charge >= 0.3 is 0 Å². The first kappa shape index (κ1) is 8.79. The Morgan fingerprint density at radius 2 is 2.09 bits per heavy atom. The molecule has 1 unspecified atom stereocenters. The highest BCUT2D eigenvalue weighted by atomic mass is 16.5. The number of allylic oxidation sites excluding steroid dienone is 2. The minimum absolute atomic E-state index is 0.810. The van der Waals surface area contributed by atoms with Gasteiger partial charge in [-0.05, 0) is 38.0 Å². The number of hydrogen-bond acceptors (Lipinski definition) is 1. The molecule has 0 saturated carbocycles. The summed E-state index contributed by atoms with van der Waals surface area (Å²) in [7, 11) is 1.80. The molecule has 0 aromatic rings. The summed E-state index contributed by atoms with van der Waals surface area (Å²) in [5.74, 6) is 0.810. The molecular weight excluding hydrogens is 136 g/mol. The molecule has 1 heteroatoms. The highest BCUT2D eigenvalue weighted by molar-refractivity contribution is 4.84. The van der Waals surface area contributed by atoms with Gasteiger partial charge in [0.15, 0.2) is 0 Å². The number of methoxy groups -OCH3 is 1. The van der Waals surface area contributed by atoms with Crippen molar-refractivity contribution in [3.05, 3.63) is 12.2 Å². The van der Waals surface area contributed by atoms with Crippen molar-refractivity contribution in [1.29, 1.82) is 0 Å². The molecule has 0 amide bonds. The lowest BCUT2D eigenvalue weighted by Crippen LogP contribution is -2.08. The van der Waals surface area contributed by atoms with Gasteiger partial charge in [-0.1, -0.05) is 12.2 Å². The van der Waals surface area contributed by atoms with Crippen LogP contribution in [0, 0.1) is 5.92 Å². The average Bonchev–Trinajstić information content (AvgIpc) is 1.94. The first-order valence-electron chi connectivity index (χ1n) is 4.57. The fraction of sp³-hybridized carbons (Fsp3) is 0.800. The summed E-state index contributed by atoms with van der Waals surface area (Å²) in [6.07, 6.45) is 11.1. The van der Waals surface area contributed by atoms with E-state index in [1.165, 1.54) is 32.1 Å². The molecule has 0 bridgehead atoms. The topological polar surface area (TPSA) is 9.23 Å². The van der Waals surface area contributed by atoms with Crippen LogP contribution in [0.5, 0.6) is 0 Å². The summed E-state index contributed by atoms with van der Waals surface area (Å²) in [4.78, 5) is 0. The molecule has 0 radical (unpaired) electrons. The van der Waals surface area contributed by atoms with Gasteiger partial charge in [0, 0.05) is 13.7 Å². The highest BCUT2D eigenvalue weighted by Crippen LogP contribution is 2.18. The van der Waals surface area contributed by atoms with Crippen molar-refractivity contribution in [2.75, 3.05) is 13.7 Å². The summed E-state index contributed by atoms with van der Waals surface area (Å²) in [5, 5.41) is 0. The Morgan fingerprint density at radius 1 is 1.27 bits per heavy atom. The lowest BCUT2D eigenvalue weighted by molar-refractivity contribution is 0.142. The van der Waals surface area contributed by atoms with E-state index in [-0.39, 0.29) is 0 Å². The van der Waals surface area contributed by atoms with Crippen LogP contribution in [0.25, 0.3) is 0 Å². The zero-order valence-corrected chi connectivity index (χ0v) is 7.38. The summed E-state index contributed by atoms with van der Waals surface area (Å²) < 4.78 is 5.15. The van der Waals surface area contributed by atoms with E-state index in [4.69, 9.17) is 4.74 Å². The minimum atomic E-state index is 0.810. The van der Waals surface area contributed by atoms with Gasteiger partial charge < -0.3 is 4.74 Å². The Bertz CT molecular complexity index is 118. The maximum Gasteiger partial charge on any atom is 0.0490 e. The molecule has 1 nitrogen and oxygen atoms in total. The Kier molecular flexibility index (Phi) is 4.29. The van der Waals surface area contributed by atoms with Gasteiger partial charge in [0.25, 0.3) is 0 Å². The molecule has 1 aliphatic carbocycles. The van der Waals surface area contributed by atoms with Gasteiger partial charge in [0.2, 0.25) is 0 Å². The smallest absolute Gasteiger partial charge is 0.0490 e. The Hall–Kier alpha value is -0.300. The van der Waals surface area contributed by atoms with Crippen LogP contribution < -0.4 is 0 Å². The van der Waals surface area contributed by atoms with Gasteiger partial charge in [-0.2, -0.15) is 0 Å². The summed E-state index contributed by atoms with van der Waals surface area (Å²) >= 11 is 0. The van der Waals surface area contributed by atoms with Gasteiger partial charge in [0.1, 0.15) is 0 Å². The summed E-state index contributed by atoms with van der Waals surface area (Å²) in [6, 6.07) is 0. The molecule has 0 aliphatic heterocycles. The predicted octanol–water partition coefficient (Wildman–Crippen LogP) is 2.77. The zero-order valence-electron chi connectivity index (χ0n) is 7.38. The molecule has 0 fully saturated rings. The third-order valence-corrected chi connectivity index (χ3v) is 2.29. The number of hydrogen-bond donors (Lipinski definition) is 0. The molecule has 0 saturated heterocycles. The van der Waals surface area contributed by atoms with Crippen molar-refractivity contribution in [2.45, 2.75) is 32.1 Å². The van der Waals surface area contributed by atoms with Crippen molar-refractivity contribution in [3.63, 3.8) is 0 Å². The summed E-state index contributed by atoms with van der Waals surface area (Å²) in [5.41, 5.74) is 0. The third kappa shape index (κ3) is 3.57. The van der Waals surface area contributed by atoms with Crippen LogP contribution in [-0.4, -0.2) is 13.7 Å². The van der Waals surface area contributed by atoms with Crippen LogP contribution in [0.3, 0.4) is 0 Å². The monoisotopic (exact) mass is 154 g/mol. The van der Waals surface area contributed by atoms with Gasteiger partial charge in [-0.3, -0.25) is 0 Å². The maximum atomic E-state index is 5.15. The Labute approximate surface area is 69.4 Å². The van der Waals surface area contributed by atoms with Crippen LogP contribution in [0.15, 0.2) is 12.2 Å². The SMILES string of the molecule is COCC1CC/C=C/CCC1. The maximum absolute atomic E-state index is 5.15. The van der Waals surface area contributed by atoms with E-state index < -0.39 is 0 Å². The third-order valence-electron chi connectivity index (χ3n) is 2.29. The fourth-order valence-corrected chi connectivity index (χ4v) is 1.64. The highest BCUT2D eigenvalue weighted by Gasteiger charge is 2.07. The second kappa shape index (κ2) is 5.36. The number of rotatable bonds is 2. The first-order valence-corrected chi connectivity index (χ1v) is 4.57. The molecule has 11 heavy (non-hydrogen) atoms. The van der Waals surface area contributed by atoms with Crippen LogP contribution in [0.1, 0.15) is 32.1 Å². The lowest BCUT2D eigenvalue weighted by atomic mass is 9.95. The molecule has 64 valence electrons. The van der Waals surface area contributed by atoms with Crippen LogP contribution >= 0.6 is 0 Å². The average molecular weight is 154 g/mol. The van der Waals surface area contributed by atoms with Crippen molar-refractivity contribution in [3.8, 4) is 0 Å². The minimum Gasteiger partial charge on any atom is -0.384 e. The molecule has 1 aliphatic rings. The normalized spacial score (nSPS) is 29.0. The second-order valence-electron chi connectivity index (χ2n) is 3.30. The van der Waals surface area contributed by atoms with Crippen LogP contribution in [-0.2, 0) is 4.74 Å². The van der Waals surface area contributed by atoms with E-state index in [0.717, 1.165) is 12.5 Å². The molecule has 1 atom stereocenters. The summed E-state index contributed by atoms with van der Waals surface area (Å²) in [6.45, 7) is 0.952. The molecule has 1 rings (SSSR count). The van der Waals surface area contributed by atoms with E-state index in [2.05, 4.69) is 12.2 Å². The first-order chi connectivity index (χ1) is 5.43. The molecule has 0 aromatic heterocycles. The molecular formula is C10H18O. The molecule has 0 N–H and O–H groups in total. The quantitative estimate of drug-likeness (QED) is 0.556. The molecule has 0 heterocycles. The Morgan fingerprint density at radius 3 is 2.91 bits per heavy atom. The molecule has 0 spiro atoms. The van der Waals surface area contributed by atoms with Crippen molar-refractivity contribution in [2.24, 2.45) is 5.92 Å².